The molecule has 3 nitrogen and oxygen atoms in total. The Balaban J connectivity index is 1.34. The molecule has 0 spiro atoms. The first kappa shape index (κ1) is 13.7. The Morgan fingerprint density at radius 1 is 1.24 bits per heavy atom. The number of nitrogens with one attached hydrogen (secondary N) is 2. The standard InChI is InChI=1S/C17H23ClN2O/c18-14-6-15(20-10-14)16(21)19-2-1-17-7-11-3-12(8-17)5-13(4-11)9-17/h6,10-13,20H,1-5,7-9H2,(H,19,21). The highest BCUT2D eigenvalue weighted by molar-refractivity contribution is 6.30. The number of rotatable bonds is 4. The van der Waals surface area contributed by atoms with E-state index >= 15 is 0 Å². The lowest BCUT2D eigenvalue weighted by atomic mass is 9.49. The van der Waals surface area contributed by atoms with Crippen molar-refractivity contribution in [3.8, 4) is 0 Å². The fraction of sp³-hybridized carbons (Fsp3) is 0.706. The average Bonchev–Trinajstić information content (AvgIpc) is 2.83. The molecule has 1 aromatic heterocycles. The van der Waals surface area contributed by atoms with E-state index in [9.17, 15) is 4.79 Å². The van der Waals surface area contributed by atoms with Gasteiger partial charge in [0.25, 0.3) is 5.91 Å². The summed E-state index contributed by atoms with van der Waals surface area (Å²) in [7, 11) is 0. The van der Waals surface area contributed by atoms with Crippen molar-refractivity contribution < 1.29 is 4.79 Å². The van der Waals surface area contributed by atoms with Crippen LogP contribution < -0.4 is 5.32 Å². The zero-order chi connectivity index (χ0) is 14.4. The molecule has 0 saturated heterocycles. The Hall–Kier alpha value is -0.960. The minimum absolute atomic E-state index is 0.0355. The second kappa shape index (κ2) is 5.05. The molecule has 2 N–H and O–H groups in total. The Kier molecular flexibility index (Phi) is 3.29. The third kappa shape index (κ3) is 2.61. The quantitative estimate of drug-likeness (QED) is 0.867. The lowest BCUT2D eigenvalue weighted by Gasteiger charge is -2.57. The van der Waals surface area contributed by atoms with Gasteiger partial charge in [0.1, 0.15) is 5.69 Å². The monoisotopic (exact) mass is 306 g/mol. The van der Waals surface area contributed by atoms with E-state index in [0.29, 0.717) is 16.1 Å². The second-order valence-electron chi connectivity index (χ2n) is 7.66. The summed E-state index contributed by atoms with van der Waals surface area (Å²) in [6.07, 6.45) is 11.5. The number of aromatic amines is 1. The number of amides is 1. The van der Waals surface area contributed by atoms with Gasteiger partial charge < -0.3 is 10.3 Å². The third-order valence-corrected chi connectivity index (χ3v) is 6.22. The summed E-state index contributed by atoms with van der Waals surface area (Å²) in [5, 5.41) is 3.64. The van der Waals surface area contributed by atoms with Crippen molar-refractivity contribution in [2.24, 2.45) is 23.2 Å². The first-order valence-electron chi connectivity index (χ1n) is 8.24. The number of hydrogen-bond acceptors (Lipinski definition) is 1. The van der Waals surface area contributed by atoms with E-state index in [1.807, 2.05) is 0 Å². The van der Waals surface area contributed by atoms with Gasteiger partial charge in [-0.3, -0.25) is 4.79 Å². The smallest absolute Gasteiger partial charge is 0.267 e. The van der Waals surface area contributed by atoms with E-state index in [0.717, 1.165) is 30.7 Å². The fourth-order valence-corrected chi connectivity index (χ4v) is 5.80. The number of carbonyl (C=O) groups is 1. The van der Waals surface area contributed by atoms with Gasteiger partial charge >= 0.3 is 0 Å². The molecule has 4 saturated carbocycles. The largest absolute Gasteiger partial charge is 0.356 e. The van der Waals surface area contributed by atoms with Gasteiger partial charge in [0.05, 0.1) is 5.02 Å². The molecule has 0 radical (unpaired) electrons. The van der Waals surface area contributed by atoms with Crippen LogP contribution in [0.15, 0.2) is 12.3 Å². The van der Waals surface area contributed by atoms with Crippen LogP contribution in [0.25, 0.3) is 0 Å². The molecule has 4 bridgehead atoms. The first-order chi connectivity index (χ1) is 10.1. The van der Waals surface area contributed by atoms with Gasteiger partial charge in [-0.1, -0.05) is 11.6 Å². The van der Waals surface area contributed by atoms with Gasteiger partial charge in [-0.25, -0.2) is 0 Å². The van der Waals surface area contributed by atoms with E-state index in [-0.39, 0.29) is 5.91 Å². The van der Waals surface area contributed by atoms with E-state index in [1.54, 1.807) is 12.3 Å². The van der Waals surface area contributed by atoms with Crippen molar-refractivity contribution in [2.45, 2.75) is 44.9 Å². The molecule has 4 heteroatoms. The Labute approximate surface area is 130 Å². The Morgan fingerprint density at radius 3 is 2.38 bits per heavy atom. The second-order valence-corrected chi connectivity index (χ2v) is 8.09. The third-order valence-electron chi connectivity index (χ3n) is 6.00. The summed E-state index contributed by atoms with van der Waals surface area (Å²) >= 11 is 5.84. The first-order valence-corrected chi connectivity index (χ1v) is 8.62. The van der Waals surface area contributed by atoms with E-state index in [1.165, 1.54) is 38.5 Å². The van der Waals surface area contributed by atoms with E-state index < -0.39 is 0 Å². The average molecular weight is 307 g/mol. The van der Waals surface area contributed by atoms with Crippen LogP contribution >= 0.6 is 11.6 Å². The summed E-state index contributed by atoms with van der Waals surface area (Å²) in [6.45, 7) is 0.793. The van der Waals surface area contributed by atoms with Gasteiger partial charge in [0.2, 0.25) is 0 Å². The molecular weight excluding hydrogens is 284 g/mol. The highest BCUT2D eigenvalue weighted by Gasteiger charge is 2.50. The van der Waals surface area contributed by atoms with Crippen LogP contribution in [0.3, 0.4) is 0 Å². The van der Waals surface area contributed by atoms with E-state index in [4.69, 9.17) is 11.6 Å². The highest BCUT2D eigenvalue weighted by Crippen LogP contribution is 2.61. The van der Waals surface area contributed by atoms with Crippen LogP contribution in [-0.4, -0.2) is 17.4 Å². The van der Waals surface area contributed by atoms with Crippen molar-refractivity contribution in [1.82, 2.24) is 10.3 Å². The number of carbonyl (C=O) groups excluding carboxylic acids is 1. The van der Waals surface area contributed by atoms with Crippen molar-refractivity contribution in [1.29, 1.82) is 0 Å². The maximum atomic E-state index is 12.0. The number of halogens is 1. The van der Waals surface area contributed by atoms with Crippen molar-refractivity contribution in [3.63, 3.8) is 0 Å². The number of H-pyrrole nitrogens is 1. The van der Waals surface area contributed by atoms with Crippen molar-refractivity contribution >= 4 is 17.5 Å². The molecule has 0 aliphatic heterocycles. The van der Waals surface area contributed by atoms with Crippen LogP contribution in [0.4, 0.5) is 0 Å². The fourth-order valence-electron chi connectivity index (χ4n) is 5.63. The molecule has 1 amide bonds. The molecule has 21 heavy (non-hydrogen) atoms. The van der Waals surface area contributed by atoms with Crippen LogP contribution in [-0.2, 0) is 0 Å². The van der Waals surface area contributed by atoms with Crippen molar-refractivity contribution in [3.05, 3.63) is 23.0 Å². The molecule has 0 unspecified atom stereocenters. The molecule has 5 rings (SSSR count). The van der Waals surface area contributed by atoms with Crippen LogP contribution in [0, 0.1) is 23.2 Å². The van der Waals surface area contributed by atoms with Gasteiger partial charge in [-0.05, 0) is 74.2 Å². The minimum atomic E-state index is -0.0355. The lowest BCUT2D eigenvalue weighted by Crippen LogP contribution is -2.47. The Bertz CT molecular complexity index is 515. The lowest BCUT2D eigenvalue weighted by molar-refractivity contribution is -0.0564. The predicted molar refractivity (Wildman–Crippen MR) is 83.4 cm³/mol. The minimum Gasteiger partial charge on any atom is -0.356 e. The Morgan fingerprint density at radius 2 is 1.86 bits per heavy atom. The number of hydrogen-bond donors (Lipinski definition) is 2. The molecule has 114 valence electrons. The summed E-state index contributed by atoms with van der Waals surface area (Å²) in [6, 6.07) is 1.68. The number of aromatic nitrogens is 1. The van der Waals surface area contributed by atoms with Gasteiger partial charge in [-0.15, -0.1) is 0 Å². The summed E-state index contributed by atoms with van der Waals surface area (Å²) < 4.78 is 0. The van der Waals surface area contributed by atoms with Crippen LogP contribution in [0.5, 0.6) is 0 Å². The summed E-state index contributed by atoms with van der Waals surface area (Å²) in [4.78, 5) is 14.9. The van der Waals surface area contributed by atoms with Gasteiger partial charge in [0, 0.05) is 12.7 Å². The zero-order valence-electron chi connectivity index (χ0n) is 12.3. The SMILES string of the molecule is O=C(NCCC12CC3CC(CC(C3)C1)C2)c1cc(Cl)c[nH]1. The topological polar surface area (TPSA) is 44.9 Å². The van der Waals surface area contributed by atoms with Crippen LogP contribution in [0.1, 0.15) is 55.4 Å². The van der Waals surface area contributed by atoms with Gasteiger partial charge in [0.15, 0.2) is 0 Å². The molecule has 0 aromatic carbocycles. The molecule has 1 heterocycles. The van der Waals surface area contributed by atoms with E-state index in [2.05, 4.69) is 10.3 Å². The molecule has 4 aliphatic carbocycles. The van der Waals surface area contributed by atoms with Gasteiger partial charge in [-0.2, -0.15) is 0 Å². The molecule has 4 fully saturated rings. The summed E-state index contributed by atoms with van der Waals surface area (Å²) in [5.74, 6) is 2.91. The summed E-state index contributed by atoms with van der Waals surface area (Å²) in [5.41, 5.74) is 1.10. The highest BCUT2D eigenvalue weighted by atomic mass is 35.5. The van der Waals surface area contributed by atoms with Crippen molar-refractivity contribution in [2.75, 3.05) is 6.54 Å². The predicted octanol–water partition coefficient (Wildman–Crippen LogP) is 4.00. The maximum Gasteiger partial charge on any atom is 0.267 e. The van der Waals surface area contributed by atoms with Crippen LogP contribution in [0.2, 0.25) is 5.02 Å². The molecule has 1 aromatic rings. The maximum absolute atomic E-state index is 12.0. The zero-order valence-corrected chi connectivity index (χ0v) is 13.1. The molecular formula is C17H23ClN2O. The molecule has 4 aliphatic rings. The normalized spacial score (nSPS) is 36.9. The molecule has 0 atom stereocenters.